The van der Waals surface area contributed by atoms with Crippen molar-refractivity contribution >= 4 is 133 Å². The molecular weight excluding hydrogens is 1320 g/mol. The van der Waals surface area contributed by atoms with Crippen molar-refractivity contribution in [3.8, 4) is 0 Å². The van der Waals surface area contributed by atoms with Gasteiger partial charge in [-0.1, -0.05) is 85.2 Å². The number of rotatable bonds is 12. The van der Waals surface area contributed by atoms with E-state index in [2.05, 4.69) is 152 Å². The highest BCUT2D eigenvalue weighted by molar-refractivity contribution is 8.26. The van der Waals surface area contributed by atoms with Crippen molar-refractivity contribution in [2.24, 2.45) is 0 Å². The largest absolute Gasteiger partial charge is 0.643 e. The van der Waals surface area contributed by atoms with Gasteiger partial charge in [-0.25, -0.2) is 58.5 Å². The molecule has 0 aliphatic heterocycles. The van der Waals surface area contributed by atoms with E-state index in [0.717, 1.165) is 18.4 Å². The van der Waals surface area contributed by atoms with Crippen molar-refractivity contribution in [1.29, 1.82) is 0 Å². The Morgan fingerprint density at radius 1 is 0.607 bits per heavy atom. The fraction of sp³-hybridized carbons (Fsp3) is 0.344. The van der Waals surface area contributed by atoms with Crippen LogP contribution in [0.4, 0.5) is 0 Å². The van der Waals surface area contributed by atoms with Crippen LogP contribution in [-0.4, -0.2) is 102 Å². The number of carbonyl (C=O) groups is 7. The molecule has 2 aliphatic rings. The molecule has 478 valence electrons. The number of hydrogen-bond donors (Lipinski definition) is 2. The Kier molecular flexibility index (Phi) is 35.6. The van der Waals surface area contributed by atoms with E-state index < -0.39 is 44.5 Å². The summed E-state index contributed by atoms with van der Waals surface area (Å²) in [4.78, 5) is 107. The van der Waals surface area contributed by atoms with E-state index in [0.29, 0.717) is 46.3 Å². The quantitative estimate of drug-likeness (QED) is 0.0287. The molecule has 0 saturated heterocycles. The molecule has 0 spiro atoms. The maximum atomic E-state index is 13.1. The third-order valence-corrected chi connectivity index (χ3v) is 13.7. The number of nitrogens with zero attached hydrogens (tertiary/aromatic N) is 4. The van der Waals surface area contributed by atoms with Crippen LogP contribution < -0.4 is 0 Å². The van der Waals surface area contributed by atoms with Crippen LogP contribution in [0.25, 0.3) is 0 Å². The van der Waals surface area contributed by atoms with Gasteiger partial charge in [0.15, 0.2) is 5.78 Å². The molecule has 2 aliphatic carbocycles. The van der Waals surface area contributed by atoms with Crippen molar-refractivity contribution in [3.63, 3.8) is 0 Å². The van der Waals surface area contributed by atoms with Crippen molar-refractivity contribution in [2.75, 3.05) is 7.11 Å². The number of esters is 1. The lowest BCUT2D eigenvalue weighted by atomic mass is 9.62. The van der Waals surface area contributed by atoms with E-state index in [-0.39, 0.29) is 58.4 Å². The normalized spacial score (nSPS) is 13.4. The van der Waals surface area contributed by atoms with E-state index in [1.54, 1.807) is 23.3 Å². The number of aryl methyl sites for hydroxylation is 2. The van der Waals surface area contributed by atoms with Gasteiger partial charge in [0.25, 0.3) is 12.9 Å². The molecule has 0 atom stereocenters. The van der Waals surface area contributed by atoms with Crippen LogP contribution in [0.2, 0.25) is 0 Å². The number of hydrogen-bond acceptors (Lipinski definition) is 18. The zero-order chi connectivity index (χ0) is 67.9. The highest BCUT2D eigenvalue weighted by Gasteiger charge is 2.39. The molecule has 2 aromatic carbocycles. The van der Waals surface area contributed by atoms with Gasteiger partial charge in [-0.3, -0.25) is 29.3 Å². The molecule has 0 amide bonds. The monoisotopic (exact) mass is 1380 g/mol. The molecule has 4 aromatic heterocycles. The number of aromatic carboxylic acids is 2. The summed E-state index contributed by atoms with van der Waals surface area (Å²) in [5, 5.41) is 16.9. The minimum absolute atomic E-state index is 0.0422. The van der Waals surface area contributed by atoms with Crippen molar-refractivity contribution < 1.29 is 76.1 Å². The predicted molar refractivity (Wildman–Crippen MR) is 340 cm³/mol. The van der Waals surface area contributed by atoms with E-state index in [9.17, 15) is 33.6 Å². The summed E-state index contributed by atoms with van der Waals surface area (Å²) in [6, 6.07) is 23.4. The zero-order valence-corrected chi connectivity index (χ0v) is 56.9. The Morgan fingerprint density at radius 3 is 1.39 bits per heavy atom. The van der Waals surface area contributed by atoms with Crippen LogP contribution in [0.15, 0.2) is 110 Å². The second kappa shape index (κ2) is 39.5. The number of carboxylic acids is 2. The fourth-order valence-corrected chi connectivity index (χ4v) is 8.71. The molecule has 28 heteroatoms. The van der Waals surface area contributed by atoms with E-state index in [1.807, 2.05) is 6.92 Å². The summed E-state index contributed by atoms with van der Waals surface area (Å²) in [5.41, 5.74) is 11.9. The first-order valence-corrected chi connectivity index (χ1v) is 34.7. The number of pyridine rings is 4. The first-order chi connectivity index (χ1) is 41.6. The van der Waals surface area contributed by atoms with Crippen molar-refractivity contribution in [3.05, 3.63) is 188 Å². The number of aromatic nitrogens is 4. The Balaban J connectivity index is 0.000000555. The highest BCUT2D eigenvalue weighted by atomic mass is 36.0. The molecule has 0 saturated carbocycles. The van der Waals surface area contributed by atoms with Crippen molar-refractivity contribution in [2.45, 2.75) is 130 Å². The summed E-state index contributed by atoms with van der Waals surface area (Å²) in [5.74, 6) is -3.23. The molecule has 89 heavy (non-hydrogen) atoms. The molecule has 4 heterocycles. The number of ether oxygens (including phenoxy) is 3. The third-order valence-electron chi connectivity index (χ3n) is 13.6. The van der Waals surface area contributed by atoms with Crippen LogP contribution in [0.3, 0.4) is 0 Å². The first-order valence-electron chi connectivity index (χ1n) is 26.3. The molecular formula is C61H67AlCl6N4O16S. The number of carboxylic acid groups (broad SMARTS) is 2. The van der Waals surface area contributed by atoms with E-state index in [1.165, 1.54) is 104 Å². The Bertz CT molecular complexity index is 3350. The Hall–Kier alpha value is -6.67. The molecule has 0 unspecified atom stereocenters. The first kappa shape index (κ1) is 80.3. The van der Waals surface area contributed by atoms with Gasteiger partial charge in [-0.2, -0.15) is 9.59 Å². The molecule has 6 aromatic rings. The summed E-state index contributed by atoms with van der Waals surface area (Å²) in [6.45, 7) is 23.5. The number of ketones is 1. The summed E-state index contributed by atoms with van der Waals surface area (Å²) >= 11 is 3.14. The van der Waals surface area contributed by atoms with Crippen LogP contribution in [0, 0.1) is 13.8 Å². The van der Waals surface area contributed by atoms with Crippen LogP contribution in [0.5, 0.6) is 0 Å². The average molecular weight is 1380 g/mol. The molecule has 0 fully saturated rings. The smallest absolute Gasteiger partial charge is 0.478 e. The minimum Gasteiger partial charge on any atom is -0.478 e. The lowest BCUT2D eigenvalue weighted by Crippen LogP contribution is -2.34. The third kappa shape index (κ3) is 28.4. The second-order valence-electron chi connectivity index (χ2n) is 21.7. The topological polar surface area (TPSA) is 300 Å². The summed E-state index contributed by atoms with van der Waals surface area (Å²) in [6.07, 6.45) is 11.9. The summed E-state index contributed by atoms with van der Waals surface area (Å²) < 4.78 is 26.6. The van der Waals surface area contributed by atoms with Crippen molar-refractivity contribution in [1.82, 2.24) is 19.9 Å². The van der Waals surface area contributed by atoms with Gasteiger partial charge in [0.05, 0.1) is 35.2 Å². The average Bonchev–Trinajstić information content (AvgIpc) is 1.04. The lowest BCUT2D eigenvalue weighted by Gasteiger charge is -2.42. The van der Waals surface area contributed by atoms with E-state index >= 15 is 0 Å². The van der Waals surface area contributed by atoms with Gasteiger partial charge in [0, 0.05) is 63.5 Å². The molecule has 20 nitrogen and oxygen atoms in total. The number of halogens is 6. The number of fused-ring (bicyclic) bond motifs is 2. The zero-order valence-electron chi connectivity index (χ0n) is 50.4. The number of methoxy groups -OCH3 is 1. The number of carbonyl (C=O) groups excluding carboxylic acids is 7. The van der Waals surface area contributed by atoms with Crippen LogP contribution >= 0.6 is 63.4 Å². The van der Waals surface area contributed by atoms with Crippen LogP contribution in [-0.2, 0) is 81.8 Å². The van der Waals surface area contributed by atoms with Gasteiger partial charge in [0.1, 0.15) is 30.8 Å². The maximum Gasteiger partial charge on any atom is 0.643 e. The van der Waals surface area contributed by atoms with Gasteiger partial charge in [0.2, 0.25) is 9.23 Å². The Morgan fingerprint density at radius 2 is 1.02 bits per heavy atom. The van der Waals surface area contributed by atoms with Crippen LogP contribution in [0.1, 0.15) is 183 Å². The molecule has 2 N–H and O–H groups in total. The highest BCUT2D eigenvalue weighted by Crippen LogP contribution is 2.47. The Labute approximate surface area is 549 Å². The fourth-order valence-electron chi connectivity index (χ4n) is 8.62. The maximum absolute atomic E-state index is 13.1. The van der Waals surface area contributed by atoms with Gasteiger partial charge in [-0.05, 0) is 144 Å². The molecule has 0 radical (unpaired) electrons. The van der Waals surface area contributed by atoms with Gasteiger partial charge >= 0.3 is 41.4 Å². The standard InChI is InChI=1S/C23H27NO3.C15H22.C8H6ClNO4.C8H7NO4.C6H5NO2.CO2.Al.Cl2OS.3ClH/c1-14-11-17-18(23(4,5)10-9-22(17,2)3)12-16(14)20(25)15-7-8-19(24-13-15)21(26)27-6;1-11-6-7-12-13(10-11)15(4,5)9-8-14(12,2)3;9-14-8(12)6-1-2-7(10-3-6)4-13-5-11;10-5-13-4-7-2-1-6(3-9-7)8(11)12;8-6(9)5-2-1-3-7-4-5;2-1-3;;1-4(2)3;;;/h7-8,11-13H,9-10H2,1-6H3;6-7,10H,8-9H2,1-5H3;1-3,5H,4H2;1-3,5H,4H2,(H,11,12);1-4H,(H,8,9);;;;3*1H/q;;;;;;+3;;;;/p-3. The van der Waals surface area contributed by atoms with E-state index in [4.69, 9.17) is 66.0 Å². The SMILES string of the molecule is COC(=O)c1ccc(C(=O)c2cc3c(cc2C)C(C)(C)CCC3(C)C)cn1.Cc1ccc2c(c1)C(C)(C)CCC2(C)C.O=C(O)c1cccnc1.O=C=O.O=COCc1ccc(C(=O)O)cn1.O=COCc1ccc(C(=O)OCl)cn1.O=S(Cl)Cl.[Cl][Al]([Cl])[Cl]. The molecule has 0 bridgehead atoms. The minimum atomic E-state index is -1.72. The van der Waals surface area contributed by atoms with Gasteiger partial charge < -0.3 is 28.7 Å². The lowest BCUT2D eigenvalue weighted by molar-refractivity contribution is -0.191. The summed E-state index contributed by atoms with van der Waals surface area (Å²) in [7, 11) is 23.5. The predicted octanol–water partition coefficient (Wildman–Crippen LogP) is 13.5. The van der Waals surface area contributed by atoms with Gasteiger partial charge in [-0.15, -0.1) is 0 Å². The molecule has 8 rings (SSSR count). The number of benzene rings is 2. The second-order valence-corrected chi connectivity index (χ2v) is 30.8.